The van der Waals surface area contributed by atoms with Crippen LogP contribution in [0.15, 0.2) is 71.3 Å². The van der Waals surface area contributed by atoms with E-state index in [1.807, 2.05) is 18.2 Å². The second kappa shape index (κ2) is 8.34. The Bertz CT molecular complexity index is 933. The van der Waals surface area contributed by atoms with E-state index in [0.29, 0.717) is 24.7 Å². The number of carbonyl (C=O) groups excluding carboxylic acids is 1. The van der Waals surface area contributed by atoms with Gasteiger partial charge in [0, 0.05) is 18.3 Å². The zero-order valence-electron chi connectivity index (χ0n) is 16.2. The lowest BCUT2D eigenvalue weighted by molar-refractivity contribution is 0.0951. The van der Waals surface area contributed by atoms with Crippen LogP contribution in [0.3, 0.4) is 0 Å². The van der Waals surface area contributed by atoms with E-state index in [2.05, 4.69) is 53.5 Å². The third-order valence-electron chi connectivity index (χ3n) is 5.42. The summed E-state index contributed by atoms with van der Waals surface area (Å²) in [5, 5.41) is 3.03. The average molecular weight is 374 g/mol. The lowest BCUT2D eigenvalue weighted by Crippen LogP contribution is -2.30. The maximum Gasteiger partial charge on any atom is 0.254 e. The van der Waals surface area contributed by atoms with Crippen LogP contribution in [0.2, 0.25) is 0 Å². The number of aryl methyl sites for hydroxylation is 1. The van der Waals surface area contributed by atoms with E-state index < -0.39 is 0 Å². The number of carbonyl (C=O) groups is 1. The first-order valence-corrected chi connectivity index (χ1v) is 9.95. The zero-order valence-corrected chi connectivity index (χ0v) is 16.2. The van der Waals surface area contributed by atoms with Gasteiger partial charge in [-0.3, -0.25) is 4.79 Å². The van der Waals surface area contributed by atoms with Gasteiger partial charge >= 0.3 is 0 Å². The van der Waals surface area contributed by atoms with Gasteiger partial charge in [0.15, 0.2) is 0 Å². The molecule has 1 unspecified atom stereocenters. The standard InChI is InChI=1S/C24H26N2O2/c1-18-16-20-11-5-6-12-22(20)26(18)17-23-21(13-15-28-23)24(27)25-14-7-10-19-8-3-2-4-9-19/h2-6,8-9,11-13,15,18H,7,10,14,16-17H2,1H3,(H,25,27). The number of amides is 1. The van der Waals surface area contributed by atoms with Crippen LogP contribution in [-0.4, -0.2) is 18.5 Å². The van der Waals surface area contributed by atoms with Crippen molar-refractivity contribution >= 4 is 11.6 Å². The normalized spacial score (nSPS) is 15.5. The minimum absolute atomic E-state index is 0.0584. The fourth-order valence-corrected chi connectivity index (χ4v) is 3.92. The van der Waals surface area contributed by atoms with Crippen LogP contribution in [0.1, 0.15) is 40.6 Å². The van der Waals surface area contributed by atoms with Crippen molar-refractivity contribution in [3.8, 4) is 0 Å². The van der Waals surface area contributed by atoms with Crippen molar-refractivity contribution in [2.45, 2.75) is 38.8 Å². The van der Waals surface area contributed by atoms with Gasteiger partial charge in [-0.25, -0.2) is 0 Å². The van der Waals surface area contributed by atoms with Gasteiger partial charge < -0.3 is 14.6 Å². The molecule has 0 spiro atoms. The van der Waals surface area contributed by atoms with Gasteiger partial charge in [-0.1, -0.05) is 48.5 Å². The molecule has 144 valence electrons. The molecule has 0 saturated carbocycles. The molecule has 1 aromatic heterocycles. The number of nitrogens with zero attached hydrogens (tertiary/aromatic N) is 1. The molecule has 1 aliphatic rings. The number of anilines is 1. The molecule has 2 heterocycles. The molecule has 3 aromatic rings. The third-order valence-corrected chi connectivity index (χ3v) is 5.42. The average Bonchev–Trinajstić information content (AvgIpc) is 3.31. The van der Waals surface area contributed by atoms with E-state index in [4.69, 9.17) is 4.42 Å². The van der Waals surface area contributed by atoms with Crippen LogP contribution in [0.4, 0.5) is 5.69 Å². The van der Waals surface area contributed by atoms with Gasteiger partial charge in [0.1, 0.15) is 5.76 Å². The molecule has 2 aromatic carbocycles. The van der Waals surface area contributed by atoms with Crippen molar-refractivity contribution in [1.82, 2.24) is 5.32 Å². The molecule has 0 saturated heterocycles. The van der Waals surface area contributed by atoms with Gasteiger partial charge in [0.05, 0.1) is 18.4 Å². The molecular formula is C24H26N2O2. The van der Waals surface area contributed by atoms with Crippen molar-refractivity contribution in [3.63, 3.8) is 0 Å². The summed E-state index contributed by atoms with van der Waals surface area (Å²) in [7, 11) is 0. The largest absolute Gasteiger partial charge is 0.467 e. The van der Waals surface area contributed by atoms with Crippen molar-refractivity contribution in [2.24, 2.45) is 0 Å². The number of rotatable bonds is 7. The fourth-order valence-electron chi connectivity index (χ4n) is 3.92. The first kappa shape index (κ1) is 18.4. The van der Waals surface area contributed by atoms with Crippen molar-refractivity contribution in [3.05, 3.63) is 89.4 Å². The number of para-hydroxylation sites is 1. The van der Waals surface area contributed by atoms with Crippen LogP contribution in [-0.2, 0) is 19.4 Å². The molecule has 1 atom stereocenters. The molecule has 0 aliphatic carbocycles. The van der Waals surface area contributed by atoms with Gasteiger partial charge in [0.25, 0.3) is 5.91 Å². The molecule has 0 radical (unpaired) electrons. The number of nitrogens with one attached hydrogen (secondary N) is 1. The summed E-state index contributed by atoms with van der Waals surface area (Å²) in [4.78, 5) is 15.0. The minimum atomic E-state index is -0.0584. The number of furan rings is 1. The number of hydrogen-bond acceptors (Lipinski definition) is 3. The first-order valence-electron chi connectivity index (χ1n) is 9.95. The van der Waals surface area contributed by atoms with Crippen LogP contribution in [0.25, 0.3) is 0 Å². The Kier molecular flexibility index (Phi) is 5.47. The third kappa shape index (κ3) is 3.96. The summed E-state index contributed by atoms with van der Waals surface area (Å²) in [6.45, 7) is 3.48. The summed E-state index contributed by atoms with van der Waals surface area (Å²) in [5.74, 6) is 0.668. The Morgan fingerprint density at radius 2 is 1.89 bits per heavy atom. The van der Waals surface area contributed by atoms with E-state index >= 15 is 0 Å². The molecule has 1 amide bonds. The Morgan fingerprint density at radius 3 is 2.75 bits per heavy atom. The topological polar surface area (TPSA) is 45.5 Å². The molecule has 28 heavy (non-hydrogen) atoms. The Labute approximate surface area is 166 Å². The predicted octanol–water partition coefficient (Wildman–Crippen LogP) is 4.59. The maximum atomic E-state index is 12.6. The minimum Gasteiger partial charge on any atom is -0.467 e. The highest BCUT2D eigenvalue weighted by Gasteiger charge is 2.27. The lowest BCUT2D eigenvalue weighted by Gasteiger charge is -2.24. The summed E-state index contributed by atoms with van der Waals surface area (Å²) >= 11 is 0. The maximum absolute atomic E-state index is 12.6. The Balaban J connectivity index is 1.35. The van der Waals surface area contributed by atoms with Crippen LogP contribution < -0.4 is 10.2 Å². The molecule has 0 bridgehead atoms. The molecule has 1 aliphatic heterocycles. The zero-order chi connectivity index (χ0) is 19.3. The summed E-state index contributed by atoms with van der Waals surface area (Å²) < 4.78 is 5.68. The SMILES string of the molecule is CC1Cc2ccccc2N1Cc1occc1C(=O)NCCCc1ccccc1. The Hall–Kier alpha value is -3.01. The Morgan fingerprint density at radius 1 is 1.11 bits per heavy atom. The molecule has 1 N–H and O–H groups in total. The smallest absolute Gasteiger partial charge is 0.254 e. The molecule has 4 nitrogen and oxygen atoms in total. The van der Waals surface area contributed by atoms with Gasteiger partial charge in [-0.2, -0.15) is 0 Å². The summed E-state index contributed by atoms with van der Waals surface area (Å²) in [6, 6.07) is 21.0. The second-order valence-electron chi connectivity index (χ2n) is 7.41. The summed E-state index contributed by atoms with van der Waals surface area (Å²) in [6.07, 6.45) is 4.51. The van der Waals surface area contributed by atoms with Crippen molar-refractivity contribution in [2.75, 3.05) is 11.4 Å². The van der Waals surface area contributed by atoms with Gasteiger partial charge in [-0.15, -0.1) is 0 Å². The van der Waals surface area contributed by atoms with E-state index in [0.717, 1.165) is 25.0 Å². The second-order valence-corrected chi connectivity index (χ2v) is 7.41. The highest BCUT2D eigenvalue weighted by Crippen LogP contribution is 2.33. The fraction of sp³-hybridized carbons (Fsp3) is 0.292. The van der Waals surface area contributed by atoms with Crippen molar-refractivity contribution in [1.29, 1.82) is 0 Å². The van der Waals surface area contributed by atoms with Crippen LogP contribution in [0, 0.1) is 0 Å². The number of hydrogen-bond donors (Lipinski definition) is 1. The van der Waals surface area contributed by atoms with Crippen LogP contribution >= 0.6 is 0 Å². The molecular weight excluding hydrogens is 348 g/mol. The first-order chi connectivity index (χ1) is 13.7. The highest BCUT2D eigenvalue weighted by molar-refractivity contribution is 5.95. The number of fused-ring (bicyclic) bond motifs is 1. The molecule has 4 rings (SSSR count). The predicted molar refractivity (Wildman–Crippen MR) is 112 cm³/mol. The van der Waals surface area contributed by atoms with E-state index in [9.17, 15) is 4.79 Å². The number of benzene rings is 2. The quantitative estimate of drug-likeness (QED) is 0.615. The highest BCUT2D eigenvalue weighted by atomic mass is 16.3. The van der Waals surface area contributed by atoms with E-state index in [1.165, 1.54) is 16.8 Å². The van der Waals surface area contributed by atoms with Crippen LogP contribution in [0.5, 0.6) is 0 Å². The molecule has 0 fully saturated rings. The van der Waals surface area contributed by atoms with E-state index in [-0.39, 0.29) is 5.91 Å². The monoisotopic (exact) mass is 374 g/mol. The van der Waals surface area contributed by atoms with E-state index in [1.54, 1.807) is 12.3 Å². The molecule has 4 heteroatoms. The van der Waals surface area contributed by atoms with Crippen molar-refractivity contribution < 1.29 is 9.21 Å². The van der Waals surface area contributed by atoms with Gasteiger partial charge in [-0.05, 0) is 49.4 Å². The van der Waals surface area contributed by atoms with Gasteiger partial charge in [0.2, 0.25) is 0 Å². The summed E-state index contributed by atoms with van der Waals surface area (Å²) in [5.41, 5.74) is 4.52. The lowest BCUT2D eigenvalue weighted by atomic mass is 10.1.